The van der Waals surface area contributed by atoms with Gasteiger partial charge >= 0.3 is 0 Å². The Morgan fingerprint density at radius 2 is 2.10 bits per heavy atom. The molecule has 1 heterocycles. The molecule has 1 saturated heterocycles. The summed E-state index contributed by atoms with van der Waals surface area (Å²) in [6, 6.07) is 7.89. The largest absolute Gasteiger partial charge is 0.492 e. The normalized spacial score (nSPS) is 22.1. The number of nitrogens with zero attached hydrogens (tertiary/aromatic N) is 1. The van der Waals surface area contributed by atoms with E-state index < -0.39 is 5.54 Å². The Kier molecular flexibility index (Phi) is 3.36. The van der Waals surface area contributed by atoms with Crippen molar-refractivity contribution in [3.8, 4) is 5.75 Å². The van der Waals surface area contributed by atoms with E-state index in [9.17, 15) is 4.79 Å². The predicted molar refractivity (Wildman–Crippen MR) is 74.5 cm³/mol. The molecule has 0 amide bonds. The number of rotatable bonds is 5. The van der Waals surface area contributed by atoms with Gasteiger partial charge in [0.15, 0.2) is 0 Å². The third-order valence-electron chi connectivity index (χ3n) is 4.31. The zero-order chi connectivity index (χ0) is 14.1. The van der Waals surface area contributed by atoms with E-state index in [1.54, 1.807) is 6.08 Å². The third-order valence-corrected chi connectivity index (χ3v) is 4.31. The first-order chi connectivity index (χ1) is 9.68. The number of benzene rings is 1. The van der Waals surface area contributed by atoms with Gasteiger partial charge in [-0.3, -0.25) is 0 Å². The van der Waals surface area contributed by atoms with Crippen LogP contribution >= 0.6 is 0 Å². The minimum absolute atomic E-state index is 0.105. The minimum atomic E-state index is -0.407. The lowest BCUT2D eigenvalue weighted by Gasteiger charge is -2.40. The van der Waals surface area contributed by atoms with Crippen molar-refractivity contribution in [1.82, 2.24) is 0 Å². The molecule has 0 aromatic heterocycles. The van der Waals surface area contributed by atoms with E-state index in [-0.39, 0.29) is 5.41 Å². The molecule has 0 spiro atoms. The summed E-state index contributed by atoms with van der Waals surface area (Å²) in [4.78, 5) is 14.8. The van der Waals surface area contributed by atoms with Crippen LogP contribution in [0.15, 0.2) is 29.3 Å². The lowest BCUT2D eigenvalue weighted by molar-refractivity contribution is -0.120. The van der Waals surface area contributed by atoms with Crippen LogP contribution in [0.4, 0.5) is 0 Å². The van der Waals surface area contributed by atoms with E-state index in [0.29, 0.717) is 6.61 Å². The van der Waals surface area contributed by atoms with Crippen LogP contribution in [0.1, 0.15) is 31.7 Å². The molecule has 4 nitrogen and oxygen atoms in total. The molecule has 0 bridgehead atoms. The van der Waals surface area contributed by atoms with Gasteiger partial charge in [0, 0.05) is 11.0 Å². The van der Waals surface area contributed by atoms with Crippen LogP contribution in [0, 0.1) is 5.41 Å². The fourth-order valence-corrected chi connectivity index (χ4v) is 2.80. The molecule has 0 N–H and O–H groups in total. The molecule has 1 aliphatic carbocycles. The highest BCUT2D eigenvalue weighted by atomic mass is 16.5. The Balaban J connectivity index is 1.82. The molecule has 3 rings (SSSR count). The van der Waals surface area contributed by atoms with Crippen molar-refractivity contribution in [2.75, 3.05) is 19.8 Å². The van der Waals surface area contributed by atoms with Crippen LogP contribution in [0.5, 0.6) is 5.75 Å². The van der Waals surface area contributed by atoms with Gasteiger partial charge < -0.3 is 9.47 Å². The first kappa shape index (κ1) is 13.3. The van der Waals surface area contributed by atoms with Crippen molar-refractivity contribution in [3.05, 3.63) is 29.8 Å². The molecule has 106 valence electrons. The van der Waals surface area contributed by atoms with Crippen LogP contribution in [0.25, 0.3) is 0 Å². The van der Waals surface area contributed by atoms with Crippen molar-refractivity contribution < 1.29 is 14.3 Å². The van der Waals surface area contributed by atoms with Crippen LogP contribution in [-0.2, 0) is 15.1 Å². The molecule has 1 saturated carbocycles. The molecular weight excluding hydrogens is 254 g/mol. The molecule has 0 atom stereocenters. The second-order valence-corrected chi connectivity index (χ2v) is 6.18. The van der Waals surface area contributed by atoms with Gasteiger partial charge in [0.1, 0.15) is 11.3 Å². The average molecular weight is 273 g/mol. The molecule has 1 aromatic rings. The summed E-state index contributed by atoms with van der Waals surface area (Å²) in [5.74, 6) is 0.833. The number of aliphatic imine (C=N–C) groups is 1. The van der Waals surface area contributed by atoms with Gasteiger partial charge in [-0.1, -0.05) is 25.1 Å². The zero-order valence-corrected chi connectivity index (χ0v) is 11.7. The van der Waals surface area contributed by atoms with Gasteiger partial charge in [-0.05, 0) is 25.3 Å². The maximum absolute atomic E-state index is 10.7. The second-order valence-electron chi connectivity index (χ2n) is 6.18. The van der Waals surface area contributed by atoms with Gasteiger partial charge in [-0.2, -0.15) is 4.99 Å². The summed E-state index contributed by atoms with van der Waals surface area (Å²) in [5, 5.41) is 0. The Morgan fingerprint density at radius 1 is 1.35 bits per heavy atom. The Morgan fingerprint density at radius 3 is 2.65 bits per heavy atom. The number of hydrogen-bond acceptors (Lipinski definition) is 4. The molecule has 4 heteroatoms. The second kappa shape index (κ2) is 5.04. The quantitative estimate of drug-likeness (QED) is 0.612. The molecule has 0 radical (unpaired) electrons. The van der Waals surface area contributed by atoms with Gasteiger partial charge in [-0.25, -0.2) is 4.79 Å². The topological polar surface area (TPSA) is 47.9 Å². The van der Waals surface area contributed by atoms with Crippen molar-refractivity contribution in [3.63, 3.8) is 0 Å². The summed E-state index contributed by atoms with van der Waals surface area (Å²) in [6.07, 6.45) is 4.60. The molecule has 1 aliphatic heterocycles. The summed E-state index contributed by atoms with van der Waals surface area (Å²) < 4.78 is 11.2. The fourth-order valence-electron chi connectivity index (χ4n) is 2.80. The van der Waals surface area contributed by atoms with E-state index in [1.807, 2.05) is 24.3 Å². The van der Waals surface area contributed by atoms with E-state index in [2.05, 4.69) is 11.9 Å². The van der Waals surface area contributed by atoms with Gasteiger partial charge in [0.2, 0.25) is 6.08 Å². The maximum atomic E-state index is 10.7. The molecule has 2 fully saturated rings. The van der Waals surface area contributed by atoms with Crippen molar-refractivity contribution >= 4 is 6.08 Å². The van der Waals surface area contributed by atoms with Crippen molar-refractivity contribution in [2.24, 2.45) is 10.4 Å². The number of hydrogen-bond donors (Lipinski definition) is 0. The third kappa shape index (κ3) is 2.26. The van der Waals surface area contributed by atoms with Crippen LogP contribution in [-0.4, -0.2) is 25.9 Å². The van der Waals surface area contributed by atoms with E-state index in [0.717, 1.165) is 43.8 Å². The van der Waals surface area contributed by atoms with E-state index in [4.69, 9.17) is 9.47 Å². The first-order valence-electron chi connectivity index (χ1n) is 7.07. The lowest BCUT2D eigenvalue weighted by atomic mass is 9.72. The Bertz CT molecular complexity index is 540. The van der Waals surface area contributed by atoms with E-state index in [1.165, 1.54) is 0 Å². The summed E-state index contributed by atoms with van der Waals surface area (Å²) in [7, 11) is 0. The molecule has 0 unspecified atom stereocenters. The molecule has 20 heavy (non-hydrogen) atoms. The van der Waals surface area contributed by atoms with Crippen LogP contribution < -0.4 is 4.74 Å². The monoisotopic (exact) mass is 273 g/mol. The number of para-hydroxylation sites is 1. The van der Waals surface area contributed by atoms with Crippen LogP contribution in [0.3, 0.4) is 0 Å². The highest BCUT2D eigenvalue weighted by molar-refractivity contribution is 5.45. The Hall–Kier alpha value is -1.64. The molecular formula is C16H19NO3. The lowest BCUT2D eigenvalue weighted by Crippen LogP contribution is -2.44. The average Bonchev–Trinajstić information content (AvgIpc) is 2.39. The highest BCUT2D eigenvalue weighted by Gasteiger charge is 2.41. The SMILES string of the molecule is CC1(COc2ccccc2C2(N=C=O)CCC2)COC1. The smallest absolute Gasteiger partial charge is 0.235 e. The van der Waals surface area contributed by atoms with Gasteiger partial charge in [0.05, 0.1) is 19.8 Å². The molecule has 2 aliphatic rings. The molecule has 1 aromatic carbocycles. The number of isocyanates is 1. The number of ether oxygens (including phenoxy) is 2. The van der Waals surface area contributed by atoms with Gasteiger partial charge in [0.25, 0.3) is 0 Å². The fraction of sp³-hybridized carbons (Fsp3) is 0.562. The van der Waals surface area contributed by atoms with Crippen molar-refractivity contribution in [2.45, 2.75) is 31.7 Å². The first-order valence-corrected chi connectivity index (χ1v) is 7.07. The minimum Gasteiger partial charge on any atom is -0.492 e. The highest BCUT2D eigenvalue weighted by Crippen LogP contribution is 2.48. The van der Waals surface area contributed by atoms with E-state index >= 15 is 0 Å². The standard InChI is InChI=1S/C16H19NO3/c1-15(9-19-10-15)11-20-14-6-3-2-5-13(14)16(17-12-18)7-4-8-16/h2-3,5-6H,4,7-11H2,1H3. The number of carbonyl (C=O) groups excluding carboxylic acids is 1. The summed E-state index contributed by atoms with van der Waals surface area (Å²) >= 11 is 0. The summed E-state index contributed by atoms with van der Waals surface area (Å²) in [5.41, 5.74) is 0.710. The summed E-state index contributed by atoms with van der Waals surface area (Å²) in [6.45, 7) is 4.27. The van der Waals surface area contributed by atoms with Crippen LogP contribution in [0.2, 0.25) is 0 Å². The van der Waals surface area contributed by atoms with Crippen molar-refractivity contribution in [1.29, 1.82) is 0 Å². The predicted octanol–water partition coefficient (Wildman–Crippen LogP) is 2.82. The maximum Gasteiger partial charge on any atom is 0.235 e. The zero-order valence-electron chi connectivity index (χ0n) is 11.7. The van der Waals surface area contributed by atoms with Gasteiger partial charge in [-0.15, -0.1) is 0 Å². The Labute approximate surface area is 118 Å².